The van der Waals surface area contributed by atoms with Crippen molar-refractivity contribution < 1.29 is 22.6 Å². The third kappa shape index (κ3) is 3.23. The molecule has 0 aromatic heterocycles. The monoisotopic (exact) mass is 356 g/mol. The highest BCUT2D eigenvalue weighted by molar-refractivity contribution is 7.89. The van der Waals surface area contributed by atoms with Crippen molar-refractivity contribution in [1.82, 2.24) is 9.21 Å². The van der Waals surface area contributed by atoms with Crippen molar-refractivity contribution in [2.24, 2.45) is 0 Å². The molecule has 7 nitrogen and oxygen atoms in total. The maximum Gasteiger partial charge on any atom is 0.243 e. The number of benzene rings is 1. The molecule has 1 aromatic rings. The van der Waals surface area contributed by atoms with Crippen LogP contribution in [0.4, 0.5) is 0 Å². The second kappa shape index (κ2) is 6.87. The van der Waals surface area contributed by atoms with Crippen LogP contribution in [0.1, 0.15) is 13.8 Å². The molecule has 0 saturated carbocycles. The Bertz CT molecular complexity index is 682. The molecule has 24 heavy (non-hydrogen) atoms. The Kier molecular flexibility index (Phi) is 5.00. The minimum atomic E-state index is -3.55. The topological polar surface area (TPSA) is 68.3 Å². The Morgan fingerprint density at radius 1 is 1.17 bits per heavy atom. The van der Waals surface area contributed by atoms with E-state index in [4.69, 9.17) is 14.2 Å². The zero-order chi connectivity index (χ0) is 17.3. The van der Waals surface area contributed by atoms with Gasteiger partial charge < -0.3 is 14.2 Å². The van der Waals surface area contributed by atoms with Crippen LogP contribution in [-0.2, 0) is 14.8 Å². The van der Waals surface area contributed by atoms with Crippen molar-refractivity contribution in [1.29, 1.82) is 0 Å². The zero-order valence-electron chi connectivity index (χ0n) is 14.3. The van der Waals surface area contributed by atoms with Gasteiger partial charge in [0.2, 0.25) is 16.8 Å². The zero-order valence-corrected chi connectivity index (χ0v) is 15.1. The van der Waals surface area contributed by atoms with Gasteiger partial charge >= 0.3 is 0 Å². The summed E-state index contributed by atoms with van der Waals surface area (Å²) in [7, 11) is -1.88. The van der Waals surface area contributed by atoms with Crippen molar-refractivity contribution in [3.8, 4) is 11.5 Å². The Morgan fingerprint density at radius 2 is 1.83 bits per heavy atom. The van der Waals surface area contributed by atoms with E-state index in [9.17, 15) is 8.42 Å². The number of fused-ring (bicyclic) bond motifs is 1. The van der Waals surface area contributed by atoms with Crippen molar-refractivity contribution in [2.75, 3.05) is 40.1 Å². The van der Waals surface area contributed by atoms with Gasteiger partial charge in [-0.1, -0.05) is 0 Å². The SMILES string of the molecule is COCCN1C(C)CN(S(=O)(=O)c2ccc3c(c2)OCO3)CC1C. The minimum Gasteiger partial charge on any atom is -0.454 e. The Balaban J connectivity index is 1.78. The molecule has 2 unspecified atom stereocenters. The molecule has 0 aliphatic carbocycles. The van der Waals surface area contributed by atoms with E-state index < -0.39 is 10.0 Å². The lowest BCUT2D eigenvalue weighted by Crippen LogP contribution is -2.58. The third-order valence-corrected chi connectivity index (χ3v) is 6.43. The first kappa shape index (κ1) is 17.5. The van der Waals surface area contributed by atoms with Crippen LogP contribution in [0.25, 0.3) is 0 Å². The van der Waals surface area contributed by atoms with Gasteiger partial charge in [-0.15, -0.1) is 0 Å². The van der Waals surface area contributed by atoms with Gasteiger partial charge in [-0.05, 0) is 26.0 Å². The minimum absolute atomic E-state index is 0.130. The normalized spacial score (nSPS) is 25.1. The van der Waals surface area contributed by atoms with Crippen molar-refractivity contribution >= 4 is 10.0 Å². The summed E-state index contributed by atoms with van der Waals surface area (Å²) in [5.74, 6) is 1.07. The van der Waals surface area contributed by atoms with E-state index in [0.29, 0.717) is 31.2 Å². The van der Waals surface area contributed by atoms with Gasteiger partial charge in [-0.2, -0.15) is 4.31 Å². The molecule has 0 bridgehead atoms. The summed E-state index contributed by atoms with van der Waals surface area (Å²) in [6, 6.07) is 5.04. The van der Waals surface area contributed by atoms with Gasteiger partial charge in [0, 0.05) is 44.9 Å². The molecular weight excluding hydrogens is 332 g/mol. The summed E-state index contributed by atoms with van der Waals surface area (Å²) in [5.41, 5.74) is 0. The highest BCUT2D eigenvalue weighted by Crippen LogP contribution is 2.35. The molecule has 8 heteroatoms. The van der Waals surface area contributed by atoms with E-state index in [-0.39, 0.29) is 23.8 Å². The lowest BCUT2D eigenvalue weighted by atomic mass is 10.1. The average Bonchev–Trinajstić information content (AvgIpc) is 3.01. The molecule has 2 heterocycles. The molecule has 2 atom stereocenters. The first-order valence-electron chi connectivity index (χ1n) is 8.08. The molecule has 1 saturated heterocycles. The summed E-state index contributed by atoms with van der Waals surface area (Å²) in [4.78, 5) is 2.53. The number of sulfonamides is 1. The van der Waals surface area contributed by atoms with E-state index in [1.807, 2.05) is 13.8 Å². The molecule has 2 aliphatic rings. The standard InChI is InChI=1S/C16H24N2O5S/c1-12-9-17(10-13(2)18(12)6-7-21-3)24(19,20)14-4-5-15-16(8-14)23-11-22-15/h4-5,8,12-13H,6-7,9-11H2,1-3H3. The molecule has 0 radical (unpaired) electrons. The van der Waals surface area contributed by atoms with Crippen LogP contribution in [0.5, 0.6) is 11.5 Å². The molecule has 2 aliphatic heterocycles. The Morgan fingerprint density at radius 3 is 2.50 bits per heavy atom. The van der Waals surface area contributed by atoms with Crippen LogP contribution < -0.4 is 9.47 Å². The van der Waals surface area contributed by atoms with Gasteiger partial charge in [0.15, 0.2) is 11.5 Å². The number of hydrogen-bond acceptors (Lipinski definition) is 6. The van der Waals surface area contributed by atoms with E-state index >= 15 is 0 Å². The van der Waals surface area contributed by atoms with Gasteiger partial charge in [0.25, 0.3) is 0 Å². The lowest BCUT2D eigenvalue weighted by Gasteiger charge is -2.43. The van der Waals surface area contributed by atoms with Gasteiger partial charge in [-0.25, -0.2) is 8.42 Å². The van der Waals surface area contributed by atoms with Crippen LogP contribution in [-0.4, -0.2) is 69.9 Å². The molecule has 1 aromatic carbocycles. The summed E-state index contributed by atoms with van der Waals surface area (Å²) in [6.07, 6.45) is 0. The highest BCUT2D eigenvalue weighted by atomic mass is 32.2. The Labute approximate surface area is 143 Å². The van der Waals surface area contributed by atoms with E-state index in [2.05, 4.69) is 4.90 Å². The Hall–Kier alpha value is -1.35. The van der Waals surface area contributed by atoms with Crippen LogP contribution in [0, 0.1) is 0 Å². The largest absolute Gasteiger partial charge is 0.454 e. The van der Waals surface area contributed by atoms with Gasteiger partial charge in [-0.3, -0.25) is 4.90 Å². The van der Waals surface area contributed by atoms with E-state index in [0.717, 1.165) is 6.54 Å². The highest BCUT2D eigenvalue weighted by Gasteiger charge is 2.36. The van der Waals surface area contributed by atoms with Crippen molar-refractivity contribution in [2.45, 2.75) is 30.8 Å². The third-order valence-electron chi connectivity index (χ3n) is 4.60. The fourth-order valence-electron chi connectivity index (χ4n) is 3.33. The predicted molar refractivity (Wildman–Crippen MR) is 88.8 cm³/mol. The molecule has 1 fully saturated rings. The second-order valence-electron chi connectivity index (χ2n) is 6.27. The summed E-state index contributed by atoms with van der Waals surface area (Å²) in [5, 5.41) is 0. The first-order chi connectivity index (χ1) is 11.4. The fourth-order valence-corrected chi connectivity index (χ4v) is 4.95. The molecule has 0 spiro atoms. The summed E-state index contributed by atoms with van der Waals surface area (Å²) < 4.78 is 43.2. The first-order valence-corrected chi connectivity index (χ1v) is 9.52. The smallest absolute Gasteiger partial charge is 0.243 e. The number of rotatable bonds is 5. The average molecular weight is 356 g/mol. The van der Waals surface area contributed by atoms with Crippen LogP contribution in [0.3, 0.4) is 0 Å². The summed E-state index contributed by atoms with van der Waals surface area (Å²) >= 11 is 0. The lowest BCUT2D eigenvalue weighted by molar-refractivity contribution is 0.0496. The molecule has 3 rings (SSSR count). The van der Waals surface area contributed by atoms with Crippen LogP contribution >= 0.6 is 0 Å². The predicted octanol–water partition coefficient (Wildman–Crippen LogP) is 1.15. The number of piperazine rings is 1. The molecule has 134 valence electrons. The van der Waals surface area contributed by atoms with Gasteiger partial charge in [0.1, 0.15) is 0 Å². The number of methoxy groups -OCH3 is 1. The maximum atomic E-state index is 13.0. The molecular formula is C16H24N2O5S. The van der Waals surface area contributed by atoms with Gasteiger partial charge in [0.05, 0.1) is 11.5 Å². The fraction of sp³-hybridized carbons (Fsp3) is 0.625. The number of hydrogen-bond donors (Lipinski definition) is 0. The van der Waals surface area contributed by atoms with Crippen molar-refractivity contribution in [3.63, 3.8) is 0 Å². The van der Waals surface area contributed by atoms with Crippen LogP contribution in [0.2, 0.25) is 0 Å². The van der Waals surface area contributed by atoms with E-state index in [1.165, 1.54) is 0 Å². The van der Waals surface area contributed by atoms with E-state index in [1.54, 1.807) is 29.6 Å². The summed E-state index contributed by atoms with van der Waals surface area (Å²) in [6.45, 7) is 6.60. The quantitative estimate of drug-likeness (QED) is 0.788. The number of nitrogens with zero attached hydrogens (tertiary/aromatic N) is 2. The second-order valence-corrected chi connectivity index (χ2v) is 8.20. The molecule has 0 N–H and O–H groups in total. The maximum absolute atomic E-state index is 13.0. The van der Waals surface area contributed by atoms with Crippen LogP contribution in [0.15, 0.2) is 23.1 Å². The molecule has 0 amide bonds. The number of ether oxygens (including phenoxy) is 3. The van der Waals surface area contributed by atoms with Crippen molar-refractivity contribution in [3.05, 3.63) is 18.2 Å².